The summed E-state index contributed by atoms with van der Waals surface area (Å²) in [7, 11) is 0. The number of aryl methyl sites for hydroxylation is 3. The van der Waals surface area contributed by atoms with Crippen molar-refractivity contribution in [3.63, 3.8) is 0 Å². The van der Waals surface area contributed by atoms with Crippen LogP contribution >= 0.6 is 11.6 Å². The third-order valence-electron chi connectivity index (χ3n) is 3.18. The van der Waals surface area contributed by atoms with Gasteiger partial charge in [0.05, 0.1) is 0 Å². The van der Waals surface area contributed by atoms with E-state index in [1.54, 1.807) is 6.92 Å². The maximum absolute atomic E-state index is 14.2. The standard InChI is InChI=1S/C13H13ClFN/c1-6-5-10-11(12(15)7(6)2)8(3)9(4)16-13(10)14/h5H,1-4H3. The predicted molar refractivity (Wildman–Crippen MR) is 65.7 cm³/mol. The van der Waals surface area contributed by atoms with Crippen molar-refractivity contribution >= 4 is 22.4 Å². The summed E-state index contributed by atoms with van der Waals surface area (Å²) in [5, 5.41) is 1.67. The first-order chi connectivity index (χ1) is 7.43. The van der Waals surface area contributed by atoms with Crippen molar-refractivity contribution in [2.24, 2.45) is 0 Å². The van der Waals surface area contributed by atoms with E-state index < -0.39 is 0 Å². The highest BCUT2D eigenvalue weighted by Crippen LogP contribution is 2.31. The van der Waals surface area contributed by atoms with Crippen molar-refractivity contribution in [2.45, 2.75) is 27.7 Å². The van der Waals surface area contributed by atoms with Crippen LogP contribution in [0.5, 0.6) is 0 Å². The average molecular weight is 238 g/mol. The minimum absolute atomic E-state index is 0.181. The second-order valence-corrected chi connectivity index (χ2v) is 4.53. The van der Waals surface area contributed by atoms with E-state index in [9.17, 15) is 4.39 Å². The SMILES string of the molecule is Cc1cc2c(Cl)nc(C)c(C)c2c(F)c1C. The third kappa shape index (κ3) is 1.49. The number of halogens is 2. The molecule has 16 heavy (non-hydrogen) atoms. The Kier molecular flexibility index (Phi) is 2.62. The Hall–Kier alpha value is -1.15. The number of nitrogens with zero attached hydrogens (tertiary/aromatic N) is 1. The highest BCUT2D eigenvalue weighted by molar-refractivity contribution is 6.34. The molecule has 0 aliphatic heterocycles. The van der Waals surface area contributed by atoms with Crippen LogP contribution < -0.4 is 0 Å². The molecule has 0 radical (unpaired) electrons. The second kappa shape index (κ2) is 3.70. The predicted octanol–water partition coefficient (Wildman–Crippen LogP) is 4.26. The molecule has 3 heteroatoms. The number of rotatable bonds is 0. The van der Waals surface area contributed by atoms with Crippen LogP contribution in [-0.4, -0.2) is 4.98 Å². The molecule has 0 saturated heterocycles. The van der Waals surface area contributed by atoms with E-state index in [1.165, 1.54) is 0 Å². The van der Waals surface area contributed by atoms with Crippen molar-refractivity contribution in [1.82, 2.24) is 4.98 Å². The number of hydrogen-bond acceptors (Lipinski definition) is 1. The minimum atomic E-state index is -0.181. The van der Waals surface area contributed by atoms with Crippen molar-refractivity contribution < 1.29 is 4.39 Å². The molecule has 0 atom stereocenters. The molecule has 84 valence electrons. The van der Waals surface area contributed by atoms with E-state index in [0.29, 0.717) is 21.5 Å². The van der Waals surface area contributed by atoms with Crippen LogP contribution in [0, 0.1) is 33.5 Å². The molecule has 1 heterocycles. The van der Waals surface area contributed by atoms with Gasteiger partial charge in [-0.05, 0) is 50.5 Å². The Balaban J connectivity index is 3.07. The maximum atomic E-state index is 14.2. The first-order valence-corrected chi connectivity index (χ1v) is 5.53. The molecule has 0 spiro atoms. The summed E-state index contributed by atoms with van der Waals surface area (Å²) in [6.45, 7) is 7.38. The smallest absolute Gasteiger partial charge is 0.137 e. The van der Waals surface area contributed by atoms with Crippen LogP contribution in [0.1, 0.15) is 22.4 Å². The van der Waals surface area contributed by atoms with Crippen LogP contribution in [0.4, 0.5) is 4.39 Å². The van der Waals surface area contributed by atoms with Gasteiger partial charge >= 0.3 is 0 Å². The average Bonchev–Trinajstić information content (AvgIpc) is 2.22. The van der Waals surface area contributed by atoms with Crippen LogP contribution in [0.2, 0.25) is 5.15 Å². The number of fused-ring (bicyclic) bond motifs is 1. The lowest BCUT2D eigenvalue weighted by Gasteiger charge is -2.11. The summed E-state index contributed by atoms with van der Waals surface area (Å²) >= 11 is 6.05. The molecule has 1 nitrogen and oxygen atoms in total. The lowest BCUT2D eigenvalue weighted by Crippen LogP contribution is -1.97. The summed E-state index contributed by atoms with van der Waals surface area (Å²) in [5.41, 5.74) is 3.22. The van der Waals surface area contributed by atoms with Gasteiger partial charge in [0.25, 0.3) is 0 Å². The Bertz CT molecular complexity index is 590. The van der Waals surface area contributed by atoms with Crippen LogP contribution in [0.25, 0.3) is 10.8 Å². The molecular formula is C13H13ClFN. The molecule has 0 N–H and O–H groups in total. The van der Waals surface area contributed by atoms with Gasteiger partial charge in [-0.1, -0.05) is 11.6 Å². The molecule has 1 aromatic heterocycles. The second-order valence-electron chi connectivity index (χ2n) is 4.17. The molecule has 0 saturated carbocycles. The van der Waals surface area contributed by atoms with E-state index in [4.69, 9.17) is 11.6 Å². The molecule has 2 aromatic rings. The number of pyridine rings is 1. The zero-order valence-electron chi connectivity index (χ0n) is 9.78. The first-order valence-electron chi connectivity index (χ1n) is 5.15. The molecule has 0 aliphatic carbocycles. The van der Waals surface area contributed by atoms with Gasteiger partial charge in [0.1, 0.15) is 11.0 Å². The van der Waals surface area contributed by atoms with E-state index >= 15 is 0 Å². The maximum Gasteiger partial charge on any atom is 0.137 e. The van der Waals surface area contributed by atoms with Gasteiger partial charge < -0.3 is 0 Å². The molecule has 2 rings (SSSR count). The van der Waals surface area contributed by atoms with Crippen LogP contribution in [-0.2, 0) is 0 Å². The monoisotopic (exact) mass is 237 g/mol. The van der Waals surface area contributed by atoms with Crippen molar-refractivity contribution in [1.29, 1.82) is 0 Å². The molecule has 0 bridgehead atoms. The highest BCUT2D eigenvalue weighted by Gasteiger charge is 2.14. The Morgan fingerprint density at radius 1 is 1.12 bits per heavy atom. The van der Waals surface area contributed by atoms with Crippen molar-refractivity contribution in [2.75, 3.05) is 0 Å². The summed E-state index contributed by atoms with van der Waals surface area (Å²) in [6.07, 6.45) is 0. The molecule has 1 aromatic carbocycles. The van der Waals surface area contributed by atoms with Crippen LogP contribution in [0.3, 0.4) is 0 Å². The number of aromatic nitrogens is 1. The fourth-order valence-electron chi connectivity index (χ4n) is 1.88. The minimum Gasteiger partial charge on any atom is -0.240 e. The molecular weight excluding hydrogens is 225 g/mol. The summed E-state index contributed by atoms with van der Waals surface area (Å²) in [6, 6.07) is 1.90. The largest absolute Gasteiger partial charge is 0.240 e. The molecule has 0 amide bonds. The van der Waals surface area contributed by atoms with Gasteiger partial charge in [-0.15, -0.1) is 0 Å². The lowest BCUT2D eigenvalue weighted by atomic mass is 9.99. The van der Waals surface area contributed by atoms with Gasteiger partial charge in [-0.25, -0.2) is 9.37 Å². The Morgan fingerprint density at radius 2 is 1.75 bits per heavy atom. The molecule has 0 fully saturated rings. The number of benzene rings is 1. The fourth-order valence-corrected chi connectivity index (χ4v) is 2.15. The van der Waals surface area contributed by atoms with Crippen LogP contribution in [0.15, 0.2) is 6.07 Å². The lowest BCUT2D eigenvalue weighted by molar-refractivity contribution is 0.628. The summed E-state index contributed by atoms with van der Waals surface area (Å²) < 4.78 is 14.2. The highest BCUT2D eigenvalue weighted by atomic mass is 35.5. The zero-order chi connectivity index (χ0) is 12.0. The summed E-state index contributed by atoms with van der Waals surface area (Å²) in [5.74, 6) is -0.181. The topological polar surface area (TPSA) is 12.9 Å². The normalized spacial score (nSPS) is 11.1. The molecule has 0 aliphatic rings. The molecule has 0 unspecified atom stereocenters. The van der Waals surface area contributed by atoms with Crippen molar-refractivity contribution in [3.8, 4) is 0 Å². The van der Waals surface area contributed by atoms with Gasteiger partial charge in [0.2, 0.25) is 0 Å². The first kappa shape index (κ1) is 11.3. The van der Waals surface area contributed by atoms with Gasteiger partial charge in [-0.3, -0.25) is 0 Å². The zero-order valence-corrected chi connectivity index (χ0v) is 10.5. The van der Waals surface area contributed by atoms with E-state index in [0.717, 1.165) is 16.8 Å². The van der Waals surface area contributed by atoms with E-state index in [-0.39, 0.29) is 5.82 Å². The quantitative estimate of drug-likeness (QED) is 0.624. The van der Waals surface area contributed by atoms with Crippen molar-refractivity contribution in [3.05, 3.63) is 39.4 Å². The fraction of sp³-hybridized carbons (Fsp3) is 0.308. The van der Waals surface area contributed by atoms with Gasteiger partial charge in [0, 0.05) is 16.5 Å². The summed E-state index contributed by atoms with van der Waals surface area (Å²) in [4.78, 5) is 4.21. The third-order valence-corrected chi connectivity index (χ3v) is 3.46. The Morgan fingerprint density at radius 3 is 2.38 bits per heavy atom. The van der Waals surface area contributed by atoms with E-state index in [1.807, 2.05) is 26.8 Å². The van der Waals surface area contributed by atoms with Gasteiger partial charge in [-0.2, -0.15) is 0 Å². The number of hydrogen-bond donors (Lipinski definition) is 0. The van der Waals surface area contributed by atoms with E-state index in [2.05, 4.69) is 4.98 Å². The Labute approximate surface area is 99.3 Å². The van der Waals surface area contributed by atoms with Gasteiger partial charge in [0.15, 0.2) is 0 Å².